The Balaban J connectivity index is 1.71. The van der Waals surface area contributed by atoms with Gasteiger partial charge in [-0.05, 0) is 53.2 Å². The van der Waals surface area contributed by atoms with Crippen molar-refractivity contribution < 1.29 is 32.7 Å². The number of carboxylic acids is 1. The molecule has 0 unspecified atom stereocenters. The molecule has 0 aliphatic carbocycles. The molecular formula is C22H12ClF3N4O4S. The first kappa shape index (κ1) is 24.3. The number of aliphatic carboxylic acids is 1. The monoisotopic (exact) mass is 520 g/mol. The van der Waals surface area contributed by atoms with Gasteiger partial charge < -0.3 is 5.11 Å². The van der Waals surface area contributed by atoms with Crippen LogP contribution in [0, 0.1) is 11.3 Å². The van der Waals surface area contributed by atoms with Gasteiger partial charge >= 0.3 is 12.1 Å². The lowest BCUT2D eigenvalue weighted by atomic mass is 10.1. The second-order valence-corrected chi connectivity index (χ2v) is 8.79. The summed E-state index contributed by atoms with van der Waals surface area (Å²) < 4.78 is 41.7. The van der Waals surface area contributed by atoms with Crippen LogP contribution < -0.4 is 0 Å². The van der Waals surface area contributed by atoms with Crippen molar-refractivity contribution in [3.63, 3.8) is 0 Å². The molecule has 2 amide bonds. The van der Waals surface area contributed by atoms with E-state index in [4.69, 9.17) is 16.7 Å². The van der Waals surface area contributed by atoms with Gasteiger partial charge in [0.1, 0.15) is 12.6 Å². The van der Waals surface area contributed by atoms with E-state index >= 15 is 0 Å². The predicted molar refractivity (Wildman–Crippen MR) is 120 cm³/mol. The van der Waals surface area contributed by atoms with Crippen LogP contribution >= 0.6 is 23.4 Å². The van der Waals surface area contributed by atoms with Crippen LogP contribution in [-0.2, 0) is 22.3 Å². The smallest absolute Gasteiger partial charge is 0.416 e. The number of benzene rings is 2. The van der Waals surface area contributed by atoms with Crippen LogP contribution in [0.2, 0.25) is 5.02 Å². The number of hydrogen-bond acceptors (Lipinski definition) is 6. The average molecular weight is 521 g/mol. The molecule has 1 N–H and O–H groups in total. The Bertz CT molecular complexity index is 1480. The van der Waals surface area contributed by atoms with Crippen LogP contribution in [0.5, 0.6) is 0 Å². The second-order valence-electron chi connectivity index (χ2n) is 7.36. The summed E-state index contributed by atoms with van der Waals surface area (Å²) in [5.74, 6) is -2.10. The maximum atomic E-state index is 13.5. The molecule has 178 valence electrons. The SMILES string of the molecule is N#Cc1nn(Cc2ccc(Cl)cc2C(F)(F)F)c2ccc(C=C3SC(=O)N(CC(=O)O)C3=O)cc12. The molecule has 1 saturated heterocycles. The van der Waals surface area contributed by atoms with Gasteiger partial charge in [0, 0.05) is 10.4 Å². The molecule has 35 heavy (non-hydrogen) atoms. The highest BCUT2D eigenvalue weighted by atomic mass is 35.5. The van der Waals surface area contributed by atoms with Gasteiger partial charge in [0.25, 0.3) is 11.1 Å². The number of rotatable bonds is 5. The highest BCUT2D eigenvalue weighted by Crippen LogP contribution is 2.35. The number of nitriles is 1. The number of imide groups is 1. The summed E-state index contributed by atoms with van der Waals surface area (Å²) in [4.78, 5) is 35.8. The minimum atomic E-state index is -4.64. The zero-order valence-electron chi connectivity index (χ0n) is 17.3. The molecule has 2 aromatic carbocycles. The Hall–Kier alpha value is -3.82. The molecule has 3 aromatic rings. The van der Waals surface area contributed by atoms with E-state index in [0.29, 0.717) is 33.1 Å². The van der Waals surface area contributed by atoms with Gasteiger partial charge in [-0.25, -0.2) is 0 Å². The van der Waals surface area contributed by atoms with Gasteiger partial charge in [0.05, 0.1) is 22.5 Å². The zero-order valence-corrected chi connectivity index (χ0v) is 18.9. The minimum Gasteiger partial charge on any atom is -0.480 e. The van der Waals surface area contributed by atoms with Crippen LogP contribution in [0.1, 0.15) is 22.4 Å². The van der Waals surface area contributed by atoms with Crippen molar-refractivity contribution in [3.8, 4) is 6.07 Å². The Morgan fingerprint density at radius 1 is 1.23 bits per heavy atom. The molecule has 1 aliphatic rings. The molecule has 8 nitrogen and oxygen atoms in total. The fraction of sp³-hybridized carbons (Fsp3) is 0.136. The molecule has 2 heterocycles. The number of fused-ring (bicyclic) bond motifs is 1. The van der Waals surface area contributed by atoms with Crippen LogP contribution in [0.4, 0.5) is 18.0 Å². The summed E-state index contributed by atoms with van der Waals surface area (Å²) in [5.41, 5.74) is -0.262. The van der Waals surface area contributed by atoms with Gasteiger partial charge in [0.2, 0.25) is 0 Å². The van der Waals surface area contributed by atoms with E-state index in [1.54, 1.807) is 6.07 Å². The molecule has 0 radical (unpaired) electrons. The third-order valence-corrected chi connectivity index (χ3v) is 6.19. The van der Waals surface area contributed by atoms with E-state index in [-0.39, 0.29) is 27.7 Å². The number of carbonyl (C=O) groups excluding carboxylic acids is 2. The molecule has 0 atom stereocenters. The van der Waals surface area contributed by atoms with Gasteiger partial charge in [-0.15, -0.1) is 0 Å². The van der Waals surface area contributed by atoms with Crippen LogP contribution in [0.15, 0.2) is 41.3 Å². The number of thioether (sulfide) groups is 1. The molecule has 1 aromatic heterocycles. The molecule has 4 rings (SSSR count). The standard InChI is InChI=1S/C22H12ClF3N4O4S/c23-13-3-2-12(15(7-13)22(24,25)26)9-30-17-4-1-11(5-14(17)16(8-27)28-30)6-18-20(33)29(10-19(31)32)21(34)35-18/h1-7H,9-10H2,(H,31,32). The summed E-state index contributed by atoms with van der Waals surface area (Å²) in [7, 11) is 0. The first-order valence-electron chi connectivity index (χ1n) is 9.71. The van der Waals surface area contributed by atoms with Crippen LogP contribution in [0.25, 0.3) is 17.0 Å². The van der Waals surface area contributed by atoms with E-state index in [2.05, 4.69) is 5.10 Å². The van der Waals surface area contributed by atoms with E-state index in [0.717, 1.165) is 6.07 Å². The number of hydrogen-bond donors (Lipinski definition) is 1. The fourth-order valence-electron chi connectivity index (χ4n) is 3.52. The summed E-state index contributed by atoms with van der Waals surface area (Å²) in [6.45, 7) is -1.05. The number of carboxylic acid groups (broad SMARTS) is 1. The topological polar surface area (TPSA) is 116 Å². The molecule has 1 aliphatic heterocycles. The van der Waals surface area contributed by atoms with Gasteiger partial charge in [-0.2, -0.15) is 23.5 Å². The Morgan fingerprint density at radius 3 is 2.63 bits per heavy atom. The predicted octanol–water partition coefficient (Wildman–Crippen LogP) is 4.75. The van der Waals surface area contributed by atoms with Crippen molar-refractivity contribution in [1.29, 1.82) is 5.26 Å². The van der Waals surface area contributed by atoms with Crippen molar-refractivity contribution in [3.05, 3.63) is 68.7 Å². The van der Waals surface area contributed by atoms with Gasteiger partial charge in [0.15, 0.2) is 5.69 Å². The van der Waals surface area contributed by atoms with Gasteiger partial charge in [-0.1, -0.05) is 23.7 Å². The number of halogens is 4. The second kappa shape index (κ2) is 9.09. The summed E-state index contributed by atoms with van der Waals surface area (Å²) in [6, 6.07) is 9.87. The largest absolute Gasteiger partial charge is 0.480 e. The Kier molecular flexibility index (Phi) is 6.31. The lowest BCUT2D eigenvalue weighted by molar-refractivity contribution is -0.140. The normalized spacial score (nSPS) is 15.3. The van der Waals surface area contributed by atoms with Crippen molar-refractivity contribution in [2.75, 3.05) is 6.54 Å². The maximum Gasteiger partial charge on any atom is 0.416 e. The third-order valence-electron chi connectivity index (χ3n) is 5.04. The van der Waals surface area contributed by atoms with Crippen molar-refractivity contribution >= 4 is 57.5 Å². The summed E-state index contributed by atoms with van der Waals surface area (Å²) >= 11 is 6.32. The maximum absolute atomic E-state index is 13.5. The highest BCUT2D eigenvalue weighted by molar-refractivity contribution is 8.18. The fourth-order valence-corrected chi connectivity index (χ4v) is 4.53. The lowest BCUT2D eigenvalue weighted by Crippen LogP contribution is -2.33. The van der Waals surface area contributed by atoms with Crippen molar-refractivity contribution in [1.82, 2.24) is 14.7 Å². The molecule has 0 bridgehead atoms. The zero-order chi connectivity index (χ0) is 25.5. The third kappa shape index (κ3) is 4.87. The lowest BCUT2D eigenvalue weighted by Gasteiger charge is -2.14. The van der Waals surface area contributed by atoms with E-state index in [1.807, 2.05) is 6.07 Å². The molecule has 0 spiro atoms. The van der Waals surface area contributed by atoms with Crippen LogP contribution in [-0.4, -0.2) is 43.4 Å². The van der Waals surface area contributed by atoms with Crippen molar-refractivity contribution in [2.45, 2.75) is 12.7 Å². The number of alkyl halides is 3. The molecular weight excluding hydrogens is 509 g/mol. The molecule has 0 saturated carbocycles. The summed E-state index contributed by atoms with van der Waals surface area (Å²) in [6.07, 6.45) is -3.27. The number of nitrogens with zero attached hydrogens (tertiary/aromatic N) is 4. The van der Waals surface area contributed by atoms with E-state index in [1.165, 1.54) is 35.0 Å². The molecule has 13 heteroatoms. The number of aromatic nitrogens is 2. The van der Waals surface area contributed by atoms with Gasteiger partial charge in [-0.3, -0.25) is 24.0 Å². The quantitative estimate of drug-likeness (QED) is 0.482. The summed E-state index contributed by atoms with van der Waals surface area (Å²) in [5, 5.41) is 22.0. The minimum absolute atomic E-state index is 0.00233. The molecule has 1 fully saturated rings. The van der Waals surface area contributed by atoms with E-state index in [9.17, 15) is 32.8 Å². The first-order chi connectivity index (χ1) is 16.5. The Morgan fingerprint density at radius 2 is 1.97 bits per heavy atom. The average Bonchev–Trinajstić information content (AvgIpc) is 3.25. The Labute approximate surface area is 204 Å². The highest BCUT2D eigenvalue weighted by Gasteiger charge is 2.36. The van der Waals surface area contributed by atoms with Crippen LogP contribution in [0.3, 0.4) is 0 Å². The number of amides is 2. The van der Waals surface area contributed by atoms with Crippen molar-refractivity contribution in [2.24, 2.45) is 0 Å². The van der Waals surface area contributed by atoms with E-state index < -0.39 is 35.4 Å². The first-order valence-corrected chi connectivity index (χ1v) is 10.9. The number of carbonyl (C=O) groups is 3.